The van der Waals surface area contributed by atoms with E-state index in [1.54, 1.807) is 13.0 Å². The Hall–Kier alpha value is -3.79. The normalized spacial score (nSPS) is 19.6. The van der Waals surface area contributed by atoms with Crippen molar-refractivity contribution in [3.05, 3.63) is 56.1 Å². The van der Waals surface area contributed by atoms with Gasteiger partial charge in [-0.15, -0.1) is 16.9 Å². The molecular weight excluding hydrogens is 516 g/mol. The van der Waals surface area contributed by atoms with Crippen molar-refractivity contribution in [1.29, 1.82) is 0 Å². The Bertz CT molecular complexity index is 1380. The number of carboxylic acids is 1. The van der Waals surface area contributed by atoms with Gasteiger partial charge in [0.25, 0.3) is 11.8 Å². The summed E-state index contributed by atoms with van der Waals surface area (Å²) in [6.45, 7) is 1.86. The summed E-state index contributed by atoms with van der Waals surface area (Å²) in [4.78, 5) is 69.5. The number of fused-ring (bicyclic) bond motifs is 1. The van der Waals surface area contributed by atoms with Crippen LogP contribution in [0.2, 0.25) is 0 Å². The molecule has 190 valence electrons. The predicted octanol–water partition coefficient (Wildman–Crippen LogP) is -0.574. The minimum atomic E-state index is -1.30. The molecule has 16 heteroatoms. The van der Waals surface area contributed by atoms with Crippen LogP contribution in [0.1, 0.15) is 12.7 Å². The second-order valence-corrected chi connectivity index (χ2v) is 9.46. The summed E-state index contributed by atoms with van der Waals surface area (Å²) in [5.74, 6) is -2.11. The van der Waals surface area contributed by atoms with Crippen LogP contribution in [0.25, 0.3) is 0 Å². The summed E-state index contributed by atoms with van der Waals surface area (Å²) in [7, 11) is 1.26. The summed E-state index contributed by atoms with van der Waals surface area (Å²) >= 11 is 2.32. The number of amides is 2. The summed E-state index contributed by atoms with van der Waals surface area (Å²) in [6, 6.07) is 2.09. The van der Waals surface area contributed by atoms with Crippen LogP contribution in [0.15, 0.2) is 54.0 Å². The van der Waals surface area contributed by atoms with Crippen LogP contribution >= 0.6 is 23.5 Å². The fourth-order valence-corrected chi connectivity index (χ4v) is 5.94. The summed E-state index contributed by atoms with van der Waals surface area (Å²) in [5.41, 5.74) is -1.54. The van der Waals surface area contributed by atoms with Crippen molar-refractivity contribution < 1.29 is 28.7 Å². The monoisotopic (exact) mass is 536 g/mol. The Balaban J connectivity index is 1.51. The third-order valence-electron chi connectivity index (χ3n) is 5.23. The number of nitrogens with one attached hydrogen (secondary N) is 2. The Morgan fingerprint density at radius 3 is 2.83 bits per heavy atom. The zero-order valence-electron chi connectivity index (χ0n) is 18.9. The number of aromatic nitrogens is 3. The van der Waals surface area contributed by atoms with Gasteiger partial charge in [-0.1, -0.05) is 16.9 Å². The van der Waals surface area contributed by atoms with Gasteiger partial charge in [0, 0.05) is 18.1 Å². The van der Waals surface area contributed by atoms with Crippen LogP contribution in [-0.4, -0.2) is 78.3 Å². The van der Waals surface area contributed by atoms with E-state index in [2.05, 4.69) is 20.6 Å². The molecule has 2 aliphatic rings. The van der Waals surface area contributed by atoms with Gasteiger partial charge in [-0.3, -0.25) is 29.1 Å². The van der Waals surface area contributed by atoms with E-state index in [1.165, 1.54) is 31.2 Å². The molecule has 2 atom stereocenters. The SMILES string of the molecule is CCn1nc(SCC2=C(C(=O)O)N3C(=O)[C@@H](NC(=O)C(=NOC)c4ccco4)[C@@H]3SC2)[nH]c(=O)c1=O. The van der Waals surface area contributed by atoms with Crippen molar-refractivity contribution in [2.75, 3.05) is 18.6 Å². The van der Waals surface area contributed by atoms with E-state index >= 15 is 0 Å². The molecule has 4 rings (SSSR count). The van der Waals surface area contributed by atoms with Crippen molar-refractivity contribution in [1.82, 2.24) is 25.0 Å². The quantitative estimate of drug-likeness (QED) is 0.122. The lowest BCUT2D eigenvalue weighted by Crippen LogP contribution is -2.71. The van der Waals surface area contributed by atoms with E-state index in [4.69, 9.17) is 9.25 Å². The molecule has 0 spiro atoms. The molecule has 1 fully saturated rings. The maximum Gasteiger partial charge on any atom is 0.352 e. The molecule has 2 amide bonds. The van der Waals surface area contributed by atoms with Gasteiger partial charge in [0.1, 0.15) is 24.2 Å². The smallest absolute Gasteiger partial charge is 0.352 e. The van der Waals surface area contributed by atoms with Gasteiger partial charge >= 0.3 is 17.1 Å². The van der Waals surface area contributed by atoms with Crippen LogP contribution in [-0.2, 0) is 25.8 Å². The number of β-lactam (4-membered cyclic amide) rings is 1. The van der Waals surface area contributed by atoms with Crippen molar-refractivity contribution in [2.24, 2.45) is 5.16 Å². The van der Waals surface area contributed by atoms with Gasteiger partial charge < -0.3 is 19.7 Å². The number of aryl methyl sites for hydroxylation is 1. The molecular formula is C20H20N6O8S2. The van der Waals surface area contributed by atoms with Crippen LogP contribution in [0.5, 0.6) is 0 Å². The van der Waals surface area contributed by atoms with Crippen LogP contribution in [0, 0.1) is 0 Å². The maximum atomic E-state index is 12.9. The van der Waals surface area contributed by atoms with E-state index < -0.39 is 40.3 Å². The molecule has 2 aromatic rings. The van der Waals surface area contributed by atoms with E-state index in [9.17, 15) is 29.1 Å². The van der Waals surface area contributed by atoms with Crippen molar-refractivity contribution in [3.63, 3.8) is 0 Å². The molecule has 2 aromatic heterocycles. The van der Waals surface area contributed by atoms with Crippen LogP contribution in [0.4, 0.5) is 0 Å². The molecule has 0 radical (unpaired) electrons. The first-order valence-electron chi connectivity index (χ1n) is 10.5. The van der Waals surface area contributed by atoms with Gasteiger partial charge in [-0.25, -0.2) is 9.48 Å². The Kier molecular flexibility index (Phi) is 7.35. The molecule has 2 aliphatic heterocycles. The molecule has 14 nitrogen and oxygen atoms in total. The average molecular weight is 537 g/mol. The molecule has 36 heavy (non-hydrogen) atoms. The largest absolute Gasteiger partial charge is 0.477 e. The van der Waals surface area contributed by atoms with Crippen molar-refractivity contribution in [2.45, 2.75) is 30.0 Å². The van der Waals surface area contributed by atoms with Gasteiger partial charge in [0.05, 0.1) is 6.26 Å². The fraction of sp³-hybridized carbons (Fsp3) is 0.350. The molecule has 0 unspecified atom stereocenters. The number of oxime groups is 1. The lowest BCUT2D eigenvalue weighted by molar-refractivity contribution is -0.150. The Labute approximate surface area is 210 Å². The van der Waals surface area contributed by atoms with Crippen LogP contribution < -0.4 is 16.4 Å². The minimum Gasteiger partial charge on any atom is -0.477 e. The van der Waals surface area contributed by atoms with E-state index in [0.717, 1.165) is 21.3 Å². The number of hydrogen-bond donors (Lipinski definition) is 3. The number of carbonyl (C=O) groups is 3. The van der Waals surface area contributed by atoms with E-state index in [0.29, 0.717) is 5.57 Å². The van der Waals surface area contributed by atoms with Crippen molar-refractivity contribution in [3.8, 4) is 0 Å². The summed E-state index contributed by atoms with van der Waals surface area (Å²) in [5, 5.41) is 19.6. The number of hydrogen-bond acceptors (Lipinski definition) is 11. The molecule has 0 aliphatic carbocycles. The standard InChI is InChI=1S/C20H20N6O8S2/c1-3-25-17(30)15(28)22-20(23-25)36-8-9-7-35-18-12(16(29)26(18)13(9)19(31)32)21-14(27)11(24-33-2)10-5-4-6-34-10/h4-6,12,18H,3,7-8H2,1-2H3,(H,21,27)(H,31,32)(H,22,23,28)/t12-,18+/m1/s1. The molecule has 0 saturated carbocycles. The first kappa shape index (κ1) is 25.3. The third-order valence-corrected chi connectivity index (χ3v) is 7.52. The lowest BCUT2D eigenvalue weighted by atomic mass is 10.0. The third kappa shape index (κ3) is 4.68. The van der Waals surface area contributed by atoms with Crippen LogP contribution in [0.3, 0.4) is 0 Å². The highest BCUT2D eigenvalue weighted by Gasteiger charge is 2.54. The fourth-order valence-electron chi connectivity index (χ4n) is 3.59. The Morgan fingerprint density at radius 1 is 1.42 bits per heavy atom. The van der Waals surface area contributed by atoms with Gasteiger partial charge in [-0.2, -0.15) is 0 Å². The number of aliphatic carboxylic acids is 1. The highest BCUT2D eigenvalue weighted by molar-refractivity contribution is 8.01. The molecule has 4 heterocycles. The van der Waals surface area contributed by atoms with Gasteiger partial charge in [0.2, 0.25) is 5.71 Å². The lowest BCUT2D eigenvalue weighted by Gasteiger charge is -2.49. The number of carbonyl (C=O) groups excluding carboxylic acids is 2. The number of rotatable bonds is 9. The first-order valence-corrected chi connectivity index (χ1v) is 12.5. The topological polar surface area (TPSA) is 189 Å². The van der Waals surface area contributed by atoms with Crippen molar-refractivity contribution >= 4 is 47.0 Å². The minimum absolute atomic E-state index is 0.107. The maximum absolute atomic E-state index is 12.9. The average Bonchev–Trinajstić information content (AvgIpc) is 3.40. The number of nitrogens with zero attached hydrogens (tertiary/aromatic N) is 4. The van der Waals surface area contributed by atoms with E-state index in [-0.39, 0.29) is 40.4 Å². The summed E-state index contributed by atoms with van der Waals surface area (Å²) in [6.07, 6.45) is 1.35. The zero-order chi connectivity index (χ0) is 26.0. The molecule has 3 N–H and O–H groups in total. The molecule has 0 aromatic carbocycles. The molecule has 0 bridgehead atoms. The summed E-state index contributed by atoms with van der Waals surface area (Å²) < 4.78 is 6.19. The Morgan fingerprint density at radius 2 is 2.19 bits per heavy atom. The number of aromatic amines is 1. The van der Waals surface area contributed by atoms with Gasteiger partial charge in [0.15, 0.2) is 10.9 Å². The first-order chi connectivity index (χ1) is 17.3. The number of thioether (sulfide) groups is 2. The number of furan rings is 1. The van der Waals surface area contributed by atoms with E-state index in [1.807, 2.05) is 0 Å². The highest BCUT2D eigenvalue weighted by Crippen LogP contribution is 2.41. The molecule has 1 saturated heterocycles. The van der Waals surface area contributed by atoms with Gasteiger partial charge in [-0.05, 0) is 24.6 Å². The number of carboxylic acid groups (broad SMARTS) is 1. The number of H-pyrrole nitrogens is 1. The predicted molar refractivity (Wildman–Crippen MR) is 127 cm³/mol. The second kappa shape index (κ2) is 10.4. The second-order valence-electron chi connectivity index (χ2n) is 7.39. The highest BCUT2D eigenvalue weighted by atomic mass is 32.2. The zero-order valence-corrected chi connectivity index (χ0v) is 20.6.